The zero-order valence-electron chi connectivity index (χ0n) is 10.3. The molecule has 0 saturated carbocycles. The average Bonchev–Trinajstić information content (AvgIpc) is 2.39. The maximum atomic E-state index is 13.7. The lowest BCUT2D eigenvalue weighted by Gasteiger charge is -2.23. The standard InChI is InChI=1S/C13H17FN2O2/c1-18-10-4-5-11(12(14)7-10)13(17)16-9-3-2-6-15-8-9/h4-5,7,9,15H,2-3,6,8H2,1H3,(H,16,17). The van der Waals surface area contributed by atoms with Gasteiger partial charge in [-0.1, -0.05) is 0 Å². The molecule has 2 rings (SSSR count). The van der Waals surface area contributed by atoms with Gasteiger partial charge in [-0.3, -0.25) is 4.79 Å². The summed E-state index contributed by atoms with van der Waals surface area (Å²) in [5.74, 6) is -0.525. The van der Waals surface area contributed by atoms with E-state index in [0.717, 1.165) is 25.9 Å². The Labute approximate surface area is 106 Å². The van der Waals surface area contributed by atoms with Crippen LogP contribution in [0, 0.1) is 5.82 Å². The highest BCUT2D eigenvalue weighted by Crippen LogP contribution is 2.16. The molecule has 1 saturated heterocycles. The number of ether oxygens (including phenoxy) is 1. The summed E-state index contributed by atoms with van der Waals surface area (Å²) < 4.78 is 18.6. The number of nitrogens with one attached hydrogen (secondary N) is 2. The second-order valence-corrected chi connectivity index (χ2v) is 4.36. The molecule has 1 amide bonds. The van der Waals surface area contributed by atoms with Gasteiger partial charge in [0.15, 0.2) is 0 Å². The molecular weight excluding hydrogens is 235 g/mol. The topological polar surface area (TPSA) is 50.4 Å². The van der Waals surface area contributed by atoms with E-state index in [9.17, 15) is 9.18 Å². The molecule has 4 nitrogen and oxygen atoms in total. The highest BCUT2D eigenvalue weighted by atomic mass is 19.1. The first-order chi connectivity index (χ1) is 8.70. The fourth-order valence-electron chi connectivity index (χ4n) is 2.05. The van der Waals surface area contributed by atoms with Crippen LogP contribution in [0.2, 0.25) is 0 Å². The van der Waals surface area contributed by atoms with E-state index in [2.05, 4.69) is 10.6 Å². The Balaban J connectivity index is 2.03. The first-order valence-electron chi connectivity index (χ1n) is 6.06. The van der Waals surface area contributed by atoms with Crippen LogP contribution in [0.1, 0.15) is 23.2 Å². The van der Waals surface area contributed by atoms with Crippen LogP contribution in [0.5, 0.6) is 5.75 Å². The lowest BCUT2D eigenvalue weighted by molar-refractivity contribution is 0.0926. The van der Waals surface area contributed by atoms with Gasteiger partial charge in [0, 0.05) is 18.7 Å². The van der Waals surface area contributed by atoms with Crippen LogP contribution in [-0.2, 0) is 0 Å². The Morgan fingerprint density at radius 2 is 2.39 bits per heavy atom. The van der Waals surface area contributed by atoms with Crippen molar-refractivity contribution in [2.75, 3.05) is 20.2 Å². The van der Waals surface area contributed by atoms with Gasteiger partial charge in [0.05, 0.1) is 12.7 Å². The summed E-state index contributed by atoms with van der Waals surface area (Å²) in [5.41, 5.74) is 0.0568. The molecule has 2 N–H and O–H groups in total. The Morgan fingerprint density at radius 3 is 3.00 bits per heavy atom. The van der Waals surface area contributed by atoms with Crippen molar-refractivity contribution < 1.29 is 13.9 Å². The van der Waals surface area contributed by atoms with Crippen LogP contribution in [0.3, 0.4) is 0 Å². The molecule has 0 bridgehead atoms. The maximum Gasteiger partial charge on any atom is 0.254 e. The van der Waals surface area contributed by atoms with Crippen LogP contribution in [0.4, 0.5) is 4.39 Å². The van der Waals surface area contributed by atoms with Gasteiger partial charge in [0.1, 0.15) is 11.6 Å². The number of hydrogen-bond donors (Lipinski definition) is 2. The van der Waals surface area contributed by atoms with Crippen LogP contribution < -0.4 is 15.4 Å². The number of rotatable bonds is 3. The minimum atomic E-state index is -0.560. The molecule has 1 aromatic rings. The number of piperidine rings is 1. The zero-order valence-corrected chi connectivity index (χ0v) is 10.3. The number of carbonyl (C=O) groups excluding carboxylic acids is 1. The van der Waals surface area contributed by atoms with E-state index >= 15 is 0 Å². The molecule has 1 aliphatic heterocycles. The largest absolute Gasteiger partial charge is 0.497 e. The average molecular weight is 252 g/mol. The molecule has 0 aliphatic carbocycles. The molecule has 0 aromatic heterocycles. The number of carbonyl (C=O) groups is 1. The molecule has 18 heavy (non-hydrogen) atoms. The molecule has 98 valence electrons. The van der Waals surface area contributed by atoms with Crippen LogP contribution in [0.25, 0.3) is 0 Å². The maximum absolute atomic E-state index is 13.7. The lowest BCUT2D eigenvalue weighted by atomic mass is 10.1. The van der Waals surface area contributed by atoms with E-state index in [-0.39, 0.29) is 17.5 Å². The lowest BCUT2D eigenvalue weighted by Crippen LogP contribution is -2.45. The molecule has 1 fully saturated rings. The quantitative estimate of drug-likeness (QED) is 0.853. The third-order valence-corrected chi connectivity index (χ3v) is 3.05. The van der Waals surface area contributed by atoms with Crippen molar-refractivity contribution in [2.24, 2.45) is 0 Å². The molecule has 1 atom stereocenters. The van der Waals surface area contributed by atoms with E-state index in [0.29, 0.717) is 5.75 Å². The van der Waals surface area contributed by atoms with E-state index < -0.39 is 5.82 Å². The second-order valence-electron chi connectivity index (χ2n) is 4.36. The van der Waals surface area contributed by atoms with Crippen molar-refractivity contribution >= 4 is 5.91 Å². The van der Waals surface area contributed by atoms with E-state index in [1.165, 1.54) is 19.2 Å². The molecule has 0 spiro atoms. The number of benzene rings is 1. The third kappa shape index (κ3) is 2.98. The number of methoxy groups -OCH3 is 1. The molecule has 1 unspecified atom stereocenters. The van der Waals surface area contributed by atoms with Crippen molar-refractivity contribution in [3.63, 3.8) is 0 Å². The van der Waals surface area contributed by atoms with Gasteiger partial charge in [0.25, 0.3) is 5.91 Å². The van der Waals surface area contributed by atoms with Gasteiger partial charge >= 0.3 is 0 Å². The van der Waals surface area contributed by atoms with Gasteiger partial charge in [0.2, 0.25) is 0 Å². The summed E-state index contributed by atoms with van der Waals surface area (Å²) in [4.78, 5) is 11.9. The fourth-order valence-corrected chi connectivity index (χ4v) is 2.05. The summed E-state index contributed by atoms with van der Waals surface area (Å²) in [5, 5.41) is 6.03. The number of halogens is 1. The Kier molecular flexibility index (Phi) is 4.15. The Morgan fingerprint density at radius 1 is 1.56 bits per heavy atom. The highest BCUT2D eigenvalue weighted by Gasteiger charge is 2.18. The smallest absolute Gasteiger partial charge is 0.254 e. The molecule has 1 aromatic carbocycles. The minimum Gasteiger partial charge on any atom is -0.497 e. The Hall–Kier alpha value is -1.62. The first kappa shape index (κ1) is 12.8. The van der Waals surface area contributed by atoms with Gasteiger partial charge in [-0.05, 0) is 31.5 Å². The molecule has 0 radical (unpaired) electrons. The number of amides is 1. The second kappa shape index (κ2) is 5.82. The van der Waals surface area contributed by atoms with Crippen molar-refractivity contribution in [1.29, 1.82) is 0 Å². The van der Waals surface area contributed by atoms with Crippen molar-refractivity contribution in [3.8, 4) is 5.75 Å². The summed E-state index contributed by atoms with van der Waals surface area (Å²) in [6, 6.07) is 4.32. The van der Waals surface area contributed by atoms with Crippen molar-refractivity contribution in [2.45, 2.75) is 18.9 Å². The predicted octanol–water partition coefficient (Wildman–Crippen LogP) is 1.32. The van der Waals surface area contributed by atoms with Crippen LogP contribution >= 0.6 is 0 Å². The molecular formula is C13H17FN2O2. The van der Waals surface area contributed by atoms with Crippen LogP contribution in [-0.4, -0.2) is 32.1 Å². The van der Waals surface area contributed by atoms with E-state index in [1.807, 2.05) is 0 Å². The summed E-state index contributed by atoms with van der Waals surface area (Å²) in [7, 11) is 1.46. The SMILES string of the molecule is COc1ccc(C(=O)NC2CCCNC2)c(F)c1. The minimum absolute atomic E-state index is 0.0568. The highest BCUT2D eigenvalue weighted by molar-refractivity contribution is 5.94. The molecule has 1 aliphatic rings. The first-order valence-corrected chi connectivity index (χ1v) is 6.06. The van der Waals surface area contributed by atoms with E-state index in [1.54, 1.807) is 6.07 Å². The summed E-state index contributed by atoms with van der Waals surface area (Å²) in [6.45, 7) is 1.72. The van der Waals surface area contributed by atoms with Crippen molar-refractivity contribution in [1.82, 2.24) is 10.6 Å². The van der Waals surface area contributed by atoms with Gasteiger partial charge in [-0.15, -0.1) is 0 Å². The van der Waals surface area contributed by atoms with Crippen molar-refractivity contribution in [3.05, 3.63) is 29.6 Å². The Bertz CT molecular complexity index is 431. The predicted molar refractivity (Wildman–Crippen MR) is 66.3 cm³/mol. The fraction of sp³-hybridized carbons (Fsp3) is 0.462. The molecule has 5 heteroatoms. The third-order valence-electron chi connectivity index (χ3n) is 3.05. The van der Waals surface area contributed by atoms with Crippen LogP contribution in [0.15, 0.2) is 18.2 Å². The number of hydrogen-bond acceptors (Lipinski definition) is 3. The van der Waals surface area contributed by atoms with Gasteiger partial charge in [-0.2, -0.15) is 0 Å². The summed E-state index contributed by atoms with van der Waals surface area (Å²) in [6.07, 6.45) is 1.95. The van der Waals surface area contributed by atoms with Gasteiger partial charge < -0.3 is 15.4 Å². The van der Waals surface area contributed by atoms with E-state index in [4.69, 9.17) is 4.74 Å². The monoisotopic (exact) mass is 252 g/mol. The normalized spacial score (nSPS) is 19.3. The zero-order chi connectivity index (χ0) is 13.0. The van der Waals surface area contributed by atoms with Gasteiger partial charge in [-0.25, -0.2) is 4.39 Å². The molecule has 1 heterocycles. The summed E-state index contributed by atoms with van der Waals surface area (Å²) >= 11 is 0.